The second-order valence-electron chi connectivity index (χ2n) is 4.09. The molecule has 0 saturated heterocycles. The average Bonchev–Trinajstić information content (AvgIpc) is 2.32. The summed E-state index contributed by atoms with van der Waals surface area (Å²) >= 11 is 3.37. The number of halogens is 1. The fourth-order valence-electron chi connectivity index (χ4n) is 1.81. The smallest absolute Gasteiger partial charge is 0.331 e. The molecular formula is C13H16BrNO3. The van der Waals surface area contributed by atoms with Crippen molar-refractivity contribution in [1.82, 2.24) is 4.90 Å². The largest absolute Gasteiger partial charge is 0.479 e. The molecule has 0 radical (unpaired) electrons. The summed E-state index contributed by atoms with van der Waals surface area (Å²) < 4.78 is 0.920. The molecule has 0 spiro atoms. The van der Waals surface area contributed by atoms with Gasteiger partial charge in [-0.15, -0.1) is 0 Å². The second kappa shape index (κ2) is 6.54. The first-order valence-electron chi connectivity index (χ1n) is 5.71. The van der Waals surface area contributed by atoms with Crippen LogP contribution in [0.2, 0.25) is 0 Å². The predicted octanol–water partition coefficient (Wildman–Crippen LogP) is 2.75. The number of rotatable bonds is 6. The Morgan fingerprint density at radius 1 is 1.56 bits per heavy atom. The van der Waals surface area contributed by atoms with Crippen LogP contribution in [0.5, 0.6) is 0 Å². The normalized spacial score (nSPS) is 11.9. The zero-order valence-electron chi connectivity index (χ0n) is 10.4. The maximum atomic E-state index is 11.4. The predicted molar refractivity (Wildman–Crippen MR) is 72.3 cm³/mol. The van der Waals surface area contributed by atoms with Gasteiger partial charge in [0.15, 0.2) is 6.04 Å². The van der Waals surface area contributed by atoms with Crippen molar-refractivity contribution in [1.29, 1.82) is 0 Å². The molecule has 1 aromatic rings. The summed E-state index contributed by atoms with van der Waals surface area (Å²) in [5, 5.41) is 9.30. The van der Waals surface area contributed by atoms with E-state index in [1.165, 1.54) is 4.90 Å². The van der Waals surface area contributed by atoms with Gasteiger partial charge in [0.05, 0.1) is 0 Å². The van der Waals surface area contributed by atoms with Crippen molar-refractivity contribution in [2.45, 2.75) is 26.3 Å². The van der Waals surface area contributed by atoms with Crippen LogP contribution >= 0.6 is 15.9 Å². The number of benzene rings is 1. The van der Waals surface area contributed by atoms with Crippen molar-refractivity contribution in [3.8, 4) is 0 Å². The van der Waals surface area contributed by atoms with Gasteiger partial charge in [0, 0.05) is 11.0 Å². The Morgan fingerprint density at radius 3 is 2.67 bits per heavy atom. The minimum atomic E-state index is -1.02. The molecule has 5 heteroatoms. The Hall–Kier alpha value is -1.36. The fraction of sp³-hybridized carbons (Fsp3) is 0.385. The van der Waals surface area contributed by atoms with Crippen LogP contribution in [0.25, 0.3) is 0 Å². The molecule has 0 heterocycles. The van der Waals surface area contributed by atoms with Crippen molar-refractivity contribution in [3.63, 3.8) is 0 Å². The van der Waals surface area contributed by atoms with Crippen LogP contribution < -0.4 is 0 Å². The van der Waals surface area contributed by atoms with Gasteiger partial charge in [-0.25, -0.2) is 4.79 Å². The van der Waals surface area contributed by atoms with Gasteiger partial charge in [0.25, 0.3) is 0 Å². The Kier molecular flexibility index (Phi) is 5.34. The highest BCUT2D eigenvalue weighted by molar-refractivity contribution is 9.10. The van der Waals surface area contributed by atoms with Gasteiger partial charge in [-0.1, -0.05) is 35.0 Å². The van der Waals surface area contributed by atoms with Crippen LogP contribution in [0.3, 0.4) is 0 Å². The molecule has 0 aliphatic carbocycles. The first kappa shape index (κ1) is 14.7. The molecule has 1 rings (SSSR count). The summed E-state index contributed by atoms with van der Waals surface area (Å²) in [6.45, 7) is 4.22. The van der Waals surface area contributed by atoms with Gasteiger partial charge in [0.1, 0.15) is 0 Å². The Morgan fingerprint density at radius 2 is 2.22 bits per heavy atom. The number of carbonyl (C=O) groups is 2. The van der Waals surface area contributed by atoms with Gasteiger partial charge in [-0.2, -0.15) is 0 Å². The topological polar surface area (TPSA) is 57.6 Å². The van der Waals surface area contributed by atoms with Crippen LogP contribution in [-0.4, -0.2) is 28.9 Å². The lowest BCUT2D eigenvalue weighted by molar-refractivity contribution is -0.146. The number of nitrogens with zero attached hydrogens (tertiary/aromatic N) is 1. The van der Waals surface area contributed by atoms with Gasteiger partial charge in [-0.3, -0.25) is 4.79 Å². The summed E-state index contributed by atoms with van der Waals surface area (Å²) in [7, 11) is 0. The molecule has 18 heavy (non-hydrogen) atoms. The SMILES string of the molecule is CCCN(C=O)C(C(=O)O)c1ccc(Br)c(C)c1. The fourth-order valence-corrected chi connectivity index (χ4v) is 2.06. The highest BCUT2D eigenvalue weighted by Gasteiger charge is 2.26. The van der Waals surface area contributed by atoms with Crippen molar-refractivity contribution < 1.29 is 14.7 Å². The lowest BCUT2D eigenvalue weighted by atomic mass is 10.0. The molecule has 0 aromatic heterocycles. The quantitative estimate of drug-likeness (QED) is 0.822. The highest BCUT2D eigenvalue weighted by atomic mass is 79.9. The van der Waals surface area contributed by atoms with Crippen LogP contribution in [0.1, 0.15) is 30.5 Å². The molecule has 0 fully saturated rings. The Labute approximate surface area is 115 Å². The van der Waals surface area contributed by atoms with E-state index in [2.05, 4.69) is 15.9 Å². The maximum Gasteiger partial charge on any atom is 0.331 e. The standard InChI is InChI=1S/C13H16BrNO3/c1-3-6-15(8-16)12(13(17)18)10-4-5-11(14)9(2)7-10/h4-5,7-8,12H,3,6H2,1-2H3,(H,17,18). The van der Waals surface area contributed by atoms with Gasteiger partial charge in [-0.05, 0) is 30.5 Å². The number of aryl methyl sites for hydroxylation is 1. The van der Waals surface area contributed by atoms with Crippen LogP contribution in [-0.2, 0) is 9.59 Å². The molecule has 0 saturated carbocycles. The minimum Gasteiger partial charge on any atom is -0.479 e. The first-order chi connectivity index (χ1) is 8.51. The van der Waals surface area contributed by atoms with E-state index >= 15 is 0 Å². The van der Waals surface area contributed by atoms with E-state index in [1.54, 1.807) is 18.2 Å². The number of hydrogen-bond donors (Lipinski definition) is 1. The second-order valence-corrected chi connectivity index (χ2v) is 4.95. The molecule has 1 amide bonds. The van der Waals surface area contributed by atoms with E-state index in [-0.39, 0.29) is 0 Å². The van der Waals surface area contributed by atoms with Gasteiger partial charge < -0.3 is 10.0 Å². The van der Waals surface area contributed by atoms with Gasteiger partial charge >= 0.3 is 5.97 Å². The first-order valence-corrected chi connectivity index (χ1v) is 6.50. The monoisotopic (exact) mass is 313 g/mol. The van der Waals surface area contributed by atoms with E-state index < -0.39 is 12.0 Å². The summed E-state index contributed by atoms with van der Waals surface area (Å²) in [6.07, 6.45) is 1.32. The van der Waals surface area contributed by atoms with E-state index in [4.69, 9.17) is 0 Å². The van der Waals surface area contributed by atoms with Crippen LogP contribution in [0.15, 0.2) is 22.7 Å². The zero-order chi connectivity index (χ0) is 13.7. The number of aliphatic carboxylic acids is 1. The van der Waals surface area contributed by atoms with E-state index in [0.29, 0.717) is 18.5 Å². The molecule has 0 aliphatic heterocycles. The molecule has 1 N–H and O–H groups in total. The van der Waals surface area contributed by atoms with Crippen molar-refractivity contribution in [3.05, 3.63) is 33.8 Å². The molecule has 4 nitrogen and oxygen atoms in total. The third kappa shape index (κ3) is 3.32. The Bertz CT molecular complexity index is 448. The summed E-state index contributed by atoms with van der Waals surface area (Å²) in [5.74, 6) is -1.02. The van der Waals surface area contributed by atoms with Crippen molar-refractivity contribution in [2.24, 2.45) is 0 Å². The van der Waals surface area contributed by atoms with Gasteiger partial charge in [0.2, 0.25) is 6.41 Å². The highest BCUT2D eigenvalue weighted by Crippen LogP contribution is 2.25. The third-order valence-electron chi connectivity index (χ3n) is 2.68. The molecule has 1 aromatic carbocycles. The van der Waals surface area contributed by atoms with E-state index in [1.807, 2.05) is 13.8 Å². The number of carboxylic acid groups (broad SMARTS) is 1. The third-order valence-corrected chi connectivity index (χ3v) is 3.57. The number of amides is 1. The maximum absolute atomic E-state index is 11.4. The average molecular weight is 314 g/mol. The molecule has 0 bridgehead atoms. The van der Waals surface area contributed by atoms with Crippen molar-refractivity contribution in [2.75, 3.05) is 6.54 Å². The zero-order valence-corrected chi connectivity index (χ0v) is 12.0. The van der Waals surface area contributed by atoms with E-state index in [9.17, 15) is 14.7 Å². The summed E-state index contributed by atoms with van der Waals surface area (Å²) in [5.41, 5.74) is 1.56. The summed E-state index contributed by atoms with van der Waals surface area (Å²) in [6, 6.07) is 4.39. The number of carbonyl (C=O) groups excluding carboxylic acids is 1. The molecule has 0 aliphatic rings. The minimum absolute atomic E-state index is 0.426. The van der Waals surface area contributed by atoms with Crippen LogP contribution in [0.4, 0.5) is 0 Å². The number of carboxylic acids is 1. The molecule has 1 unspecified atom stereocenters. The van der Waals surface area contributed by atoms with E-state index in [0.717, 1.165) is 16.5 Å². The number of hydrogen-bond acceptors (Lipinski definition) is 2. The lowest BCUT2D eigenvalue weighted by Crippen LogP contribution is -2.33. The molecular weight excluding hydrogens is 298 g/mol. The lowest BCUT2D eigenvalue weighted by Gasteiger charge is -2.25. The Balaban J connectivity index is 3.14. The molecule has 98 valence electrons. The van der Waals surface area contributed by atoms with Crippen molar-refractivity contribution >= 4 is 28.3 Å². The molecule has 1 atom stereocenters. The van der Waals surface area contributed by atoms with Crippen LogP contribution in [0, 0.1) is 6.92 Å². The summed E-state index contributed by atoms with van der Waals surface area (Å²) in [4.78, 5) is 23.7.